The Balaban J connectivity index is 1.56. The third-order valence-corrected chi connectivity index (χ3v) is 6.84. The highest BCUT2D eigenvalue weighted by Gasteiger charge is 2.27. The fraction of sp³-hybridized carbons (Fsp3) is 0.524. The summed E-state index contributed by atoms with van der Waals surface area (Å²) in [4.78, 5) is 14.0. The number of ether oxygens (including phenoxy) is 1. The van der Waals surface area contributed by atoms with Crippen molar-refractivity contribution in [3.63, 3.8) is 0 Å². The highest BCUT2D eigenvalue weighted by Crippen LogP contribution is 2.37. The van der Waals surface area contributed by atoms with Crippen LogP contribution in [0.3, 0.4) is 0 Å². The number of hydrogen-bond acceptors (Lipinski definition) is 9. The van der Waals surface area contributed by atoms with Gasteiger partial charge in [-0.15, -0.1) is 0 Å². The molecule has 2 fully saturated rings. The second-order valence-corrected chi connectivity index (χ2v) is 9.05. The van der Waals surface area contributed by atoms with Gasteiger partial charge >= 0.3 is 6.01 Å². The first-order valence-corrected chi connectivity index (χ1v) is 11.4. The molecule has 1 N–H and O–H groups in total. The lowest BCUT2D eigenvalue weighted by molar-refractivity contribution is 0.188. The molecule has 0 radical (unpaired) electrons. The minimum atomic E-state index is 0.0842. The van der Waals surface area contributed by atoms with Gasteiger partial charge in [-0.1, -0.05) is 5.16 Å². The first-order valence-electron chi connectivity index (χ1n) is 10.6. The molecule has 31 heavy (non-hydrogen) atoms. The molecular formula is C21H24BrN7O2. The number of likely N-dealkylation sites (N-methyl/N-ethyl adjacent to an activating group) is 1. The van der Waals surface area contributed by atoms with Crippen LogP contribution < -0.4 is 15.0 Å². The third kappa shape index (κ3) is 3.93. The van der Waals surface area contributed by atoms with Gasteiger partial charge in [0.1, 0.15) is 12.4 Å². The molecule has 2 atom stereocenters. The molecular weight excluding hydrogens is 462 g/mol. The summed E-state index contributed by atoms with van der Waals surface area (Å²) in [5.41, 5.74) is 1.39. The zero-order chi connectivity index (χ0) is 21.4. The Kier molecular flexibility index (Phi) is 5.65. The summed E-state index contributed by atoms with van der Waals surface area (Å²) in [6.07, 6.45) is 4.44. The molecule has 0 spiro atoms. The largest absolute Gasteiger partial charge is 0.462 e. The minimum Gasteiger partial charge on any atom is -0.462 e. The molecule has 0 amide bonds. The number of anilines is 1. The molecule has 2 aromatic heterocycles. The number of fused-ring (bicyclic) bond motifs is 3. The summed E-state index contributed by atoms with van der Waals surface area (Å²) in [6, 6.07) is 5.05. The Bertz CT molecular complexity index is 1140. The molecule has 5 rings (SSSR count). The van der Waals surface area contributed by atoms with Crippen molar-refractivity contribution < 1.29 is 9.26 Å². The predicted octanol–water partition coefficient (Wildman–Crippen LogP) is 2.70. The van der Waals surface area contributed by atoms with Gasteiger partial charge < -0.3 is 24.4 Å². The number of benzene rings is 1. The van der Waals surface area contributed by atoms with Crippen molar-refractivity contribution in [1.82, 2.24) is 25.3 Å². The minimum absolute atomic E-state index is 0.0842. The van der Waals surface area contributed by atoms with Crippen LogP contribution in [0.2, 0.25) is 0 Å². The zero-order valence-corrected chi connectivity index (χ0v) is 18.9. The summed E-state index contributed by atoms with van der Waals surface area (Å²) in [6.45, 7) is 3.87. The fourth-order valence-corrected chi connectivity index (χ4v) is 4.97. The Morgan fingerprint density at radius 1 is 1.39 bits per heavy atom. The maximum Gasteiger partial charge on any atom is 0.319 e. The number of nitrogens with zero attached hydrogens (tertiary/aromatic N) is 6. The van der Waals surface area contributed by atoms with Crippen molar-refractivity contribution in [2.45, 2.75) is 31.3 Å². The van der Waals surface area contributed by atoms with Gasteiger partial charge in [0.15, 0.2) is 5.58 Å². The average molecular weight is 486 g/mol. The second-order valence-electron chi connectivity index (χ2n) is 8.20. The number of nitrogens with one attached hydrogen (secondary N) is 1. The maximum atomic E-state index is 9.14. The lowest BCUT2D eigenvalue weighted by atomic mass is 10.1. The van der Waals surface area contributed by atoms with E-state index < -0.39 is 0 Å². The fourth-order valence-electron chi connectivity index (χ4n) is 4.47. The van der Waals surface area contributed by atoms with Crippen LogP contribution in [0, 0.1) is 11.3 Å². The highest BCUT2D eigenvalue weighted by atomic mass is 79.9. The summed E-state index contributed by atoms with van der Waals surface area (Å²) >= 11 is 3.61. The number of aromatic nitrogens is 3. The third-order valence-electron chi connectivity index (χ3n) is 6.18. The number of hydrogen-bond donors (Lipinski definition) is 1. The van der Waals surface area contributed by atoms with E-state index in [0.717, 1.165) is 52.6 Å². The van der Waals surface area contributed by atoms with Crippen molar-refractivity contribution in [3.8, 4) is 12.1 Å². The van der Waals surface area contributed by atoms with Crippen molar-refractivity contribution >= 4 is 43.6 Å². The SMILES string of the molecule is CN1CCC[C@H]1COc1nc(N2CCN[C@@H](CC#N)C2)c2c(cc(Br)c3cnoc32)n1. The van der Waals surface area contributed by atoms with Crippen molar-refractivity contribution in [2.75, 3.05) is 44.7 Å². The van der Waals surface area contributed by atoms with Gasteiger partial charge in [-0.3, -0.25) is 0 Å². The van der Waals surface area contributed by atoms with Gasteiger partial charge in [0.05, 0.1) is 35.0 Å². The number of nitriles is 1. The zero-order valence-electron chi connectivity index (χ0n) is 17.3. The maximum absolute atomic E-state index is 9.14. The van der Waals surface area contributed by atoms with Crippen molar-refractivity contribution in [1.29, 1.82) is 5.26 Å². The van der Waals surface area contributed by atoms with Gasteiger partial charge in [0, 0.05) is 36.2 Å². The van der Waals surface area contributed by atoms with Crippen LogP contribution in [-0.4, -0.2) is 71.9 Å². The van der Waals surface area contributed by atoms with E-state index in [4.69, 9.17) is 24.5 Å². The van der Waals surface area contributed by atoms with Crippen LogP contribution in [0.1, 0.15) is 19.3 Å². The van der Waals surface area contributed by atoms with Crippen LogP contribution in [0.4, 0.5) is 5.82 Å². The van der Waals surface area contributed by atoms with Crippen LogP contribution in [0.25, 0.3) is 21.9 Å². The Labute approximate surface area is 188 Å². The summed E-state index contributed by atoms with van der Waals surface area (Å²) in [5.74, 6) is 0.762. The number of halogens is 1. The molecule has 10 heteroatoms. The smallest absolute Gasteiger partial charge is 0.319 e. The topological polar surface area (TPSA) is 103 Å². The van der Waals surface area contributed by atoms with E-state index >= 15 is 0 Å². The van der Waals surface area contributed by atoms with Gasteiger partial charge in [0.2, 0.25) is 0 Å². The van der Waals surface area contributed by atoms with E-state index in [-0.39, 0.29) is 6.04 Å². The molecule has 162 valence electrons. The van der Waals surface area contributed by atoms with Crippen LogP contribution in [-0.2, 0) is 0 Å². The molecule has 0 unspecified atom stereocenters. The molecule has 2 saturated heterocycles. The summed E-state index contributed by atoms with van der Waals surface area (Å²) < 4.78 is 12.6. The standard InChI is InChI=1S/C21H24BrN7O2/c1-28-7-2-3-14(28)12-30-21-26-17-9-16(22)15-10-25-31-19(15)18(17)20(27-21)29-8-6-24-13(11-29)4-5-23/h9-10,13-14,24H,2-4,6-8,11-12H2,1H3/t13-,14-/m0/s1. The molecule has 2 aliphatic rings. The molecule has 9 nitrogen and oxygen atoms in total. The van der Waals surface area contributed by atoms with E-state index in [1.807, 2.05) is 6.07 Å². The van der Waals surface area contributed by atoms with Crippen LogP contribution in [0.15, 0.2) is 21.3 Å². The molecule has 0 bridgehead atoms. The Hall–Kier alpha value is -2.48. The second kappa shape index (κ2) is 8.57. The van der Waals surface area contributed by atoms with Crippen LogP contribution in [0.5, 0.6) is 6.01 Å². The van der Waals surface area contributed by atoms with Gasteiger partial charge in [-0.25, -0.2) is 0 Å². The van der Waals surface area contributed by atoms with Gasteiger partial charge in [0.25, 0.3) is 0 Å². The Morgan fingerprint density at radius 2 is 2.29 bits per heavy atom. The summed E-state index contributed by atoms with van der Waals surface area (Å²) in [7, 11) is 2.13. The van der Waals surface area contributed by atoms with E-state index in [0.29, 0.717) is 37.2 Å². The molecule has 1 aromatic carbocycles. The normalized spacial score (nSPS) is 22.3. The van der Waals surface area contributed by atoms with Crippen molar-refractivity contribution in [2.24, 2.45) is 0 Å². The lowest BCUT2D eigenvalue weighted by Gasteiger charge is -2.34. The molecule has 0 aliphatic carbocycles. The summed E-state index contributed by atoms with van der Waals surface area (Å²) in [5, 5.41) is 18.2. The molecule has 0 saturated carbocycles. The predicted molar refractivity (Wildman–Crippen MR) is 120 cm³/mol. The van der Waals surface area contributed by atoms with Crippen LogP contribution >= 0.6 is 15.9 Å². The quantitative estimate of drug-likeness (QED) is 0.583. The first kappa shape index (κ1) is 20.4. The number of likely N-dealkylation sites (tertiary alicyclic amines) is 1. The highest BCUT2D eigenvalue weighted by molar-refractivity contribution is 9.10. The monoisotopic (exact) mass is 485 g/mol. The first-order chi connectivity index (χ1) is 15.1. The number of rotatable bonds is 5. The molecule has 4 heterocycles. The van der Waals surface area contributed by atoms with E-state index in [9.17, 15) is 0 Å². The molecule has 2 aliphatic heterocycles. The van der Waals surface area contributed by atoms with Crippen molar-refractivity contribution in [3.05, 3.63) is 16.7 Å². The van der Waals surface area contributed by atoms with Gasteiger partial charge in [-0.05, 0) is 48.4 Å². The average Bonchev–Trinajstić information content (AvgIpc) is 3.41. The lowest BCUT2D eigenvalue weighted by Crippen LogP contribution is -2.51. The van der Waals surface area contributed by atoms with Gasteiger partial charge in [-0.2, -0.15) is 15.2 Å². The Morgan fingerprint density at radius 3 is 3.10 bits per heavy atom. The van der Waals surface area contributed by atoms with E-state index in [1.54, 1.807) is 6.20 Å². The van der Waals surface area contributed by atoms with E-state index in [1.165, 1.54) is 6.42 Å². The van der Waals surface area contributed by atoms with E-state index in [2.05, 4.69) is 49.3 Å². The number of piperazine rings is 1. The molecule has 3 aromatic rings.